The minimum Gasteiger partial charge on any atom is -0.410 e. The maximum Gasteiger partial charge on any atom is 0.415 e. The summed E-state index contributed by atoms with van der Waals surface area (Å²) < 4.78 is 7.65. The number of pyridine rings is 1. The fraction of sp³-hybridized carbons (Fsp3) is 0.400. The molecule has 0 unspecified atom stereocenters. The van der Waals surface area contributed by atoms with Crippen molar-refractivity contribution in [3.8, 4) is 5.75 Å². The lowest BCUT2D eigenvalue weighted by molar-refractivity contribution is 0.134. The Morgan fingerprint density at radius 1 is 1.09 bits per heavy atom. The first-order chi connectivity index (χ1) is 15.6. The molecule has 0 N–H and O–H groups in total. The van der Waals surface area contributed by atoms with E-state index in [4.69, 9.17) is 4.74 Å². The van der Waals surface area contributed by atoms with Crippen LogP contribution in [-0.4, -0.2) is 44.4 Å². The van der Waals surface area contributed by atoms with Gasteiger partial charge in [0.1, 0.15) is 5.75 Å². The Bertz CT molecular complexity index is 1010. The van der Waals surface area contributed by atoms with Gasteiger partial charge in [-0.2, -0.15) is 0 Å². The molecule has 0 atom stereocenters. The van der Waals surface area contributed by atoms with Gasteiger partial charge in [-0.15, -0.1) is 0 Å². The highest BCUT2D eigenvalue weighted by Gasteiger charge is 2.24. The number of hydrogen-bond donors (Lipinski definition) is 0. The number of imidazole rings is 1. The smallest absolute Gasteiger partial charge is 0.410 e. The van der Waals surface area contributed by atoms with Crippen LogP contribution in [0.3, 0.4) is 0 Å². The molecule has 0 aliphatic carbocycles. The molecule has 0 bridgehead atoms. The molecule has 1 aromatic carbocycles. The Labute approximate surface area is 194 Å². The van der Waals surface area contributed by atoms with Crippen molar-refractivity contribution in [2.24, 2.45) is 13.0 Å². The number of carbonyl (C=O) groups is 1. The van der Waals surface area contributed by atoms with E-state index in [9.17, 15) is 4.79 Å². The van der Waals surface area contributed by atoms with Gasteiger partial charge in [-0.25, -0.2) is 9.78 Å². The third kappa shape index (κ3) is 6.13. The van der Waals surface area contributed by atoms with Crippen molar-refractivity contribution in [2.75, 3.05) is 18.8 Å². The maximum absolute atomic E-state index is 12.6. The molecule has 168 valence electrons. The molecule has 7 heteroatoms. The molecule has 0 spiro atoms. The van der Waals surface area contributed by atoms with Gasteiger partial charge >= 0.3 is 6.09 Å². The number of thioether (sulfide) groups is 1. The Morgan fingerprint density at radius 2 is 1.88 bits per heavy atom. The summed E-state index contributed by atoms with van der Waals surface area (Å²) in [6.07, 6.45) is 9.25. The topological polar surface area (TPSA) is 60.2 Å². The lowest BCUT2D eigenvalue weighted by Gasteiger charge is -2.31. The van der Waals surface area contributed by atoms with Crippen LogP contribution in [0.5, 0.6) is 5.75 Å². The van der Waals surface area contributed by atoms with Gasteiger partial charge in [0, 0.05) is 50.2 Å². The van der Waals surface area contributed by atoms with Crippen molar-refractivity contribution in [3.63, 3.8) is 0 Å². The van der Waals surface area contributed by atoms with Crippen molar-refractivity contribution in [1.29, 1.82) is 0 Å². The van der Waals surface area contributed by atoms with E-state index < -0.39 is 0 Å². The van der Waals surface area contributed by atoms with Gasteiger partial charge in [-0.05, 0) is 67.9 Å². The predicted molar refractivity (Wildman–Crippen MR) is 127 cm³/mol. The van der Waals surface area contributed by atoms with Gasteiger partial charge in [0.25, 0.3) is 0 Å². The number of aryl methyl sites for hydroxylation is 4. The Kier molecular flexibility index (Phi) is 7.47. The van der Waals surface area contributed by atoms with Gasteiger partial charge < -0.3 is 14.2 Å². The molecule has 1 aliphatic heterocycles. The van der Waals surface area contributed by atoms with Gasteiger partial charge in [-0.3, -0.25) is 4.98 Å². The second kappa shape index (κ2) is 10.7. The molecule has 2 aromatic heterocycles. The number of rotatable bonds is 7. The predicted octanol–water partition coefficient (Wildman–Crippen LogP) is 4.91. The SMILES string of the molecule is Cc1ccc(CCc2ccc(OC(=O)N3CCC(CSc4nccn4C)CC3)cc2)nc1. The largest absolute Gasteiger partial charge is 0.415 e. The number of aromatic nitrogens is 3. The molecule has 3 heterocycles. The molecule has 1 fully saturated rings. The minimum atomic E-state index is -0.253. The van der Waals surface area contributed by atoms with E-state index in [0.717, 1.165) is 55.4 Å². The molecule has 1 aliphatic rings. The monoisotopic (exact) mass is 450 g/mol. The average molecular weight is 451 g/mol. The van der Waals surface area contributed by atoms with E-state index in [0.29, 0.717) is 11.7 Å². The Morgan fingerprint density at radius 3 is 2.53 bits per heavy atom. The van der Waals surface area contributed by atoms with Gasteiger partial charge in [0.15, 0.2) is 5.16 Å². The van der Waals surface area contributed by atoms with Gasteiger partial charge in [0.2, 0.25) is 0 Å². The molecule has 1 amide bonds. The zero-order valence-corrected chi connectivity index (χ0v) is 19.6. The van der Waals surface area contributed by atoms with Crippen LogP contribution in [0.15, 0.2) is 60.1 Å². The second-order valence-corrected chi connectivity index (χ2v) is 9.39. The van der Waals surface area contributed by atoms with Crippen LogP contribution < -0.4 is 4.74 Å². The number of amides is 1. The van der Waals surface area contributed by atoms with Crippen LogP contribution in [0.25, 0.3) is 0 Å². The molecule has 0 radical (unpaired) electrons. The average Bonchev–Trinajstić information content (AvgIpc) is 3.23. The first-order valence-electron chi connectivity index (χ1n) is 11.1. The molecular weight excluding hydrogens is 420 g/mol. The Balaban J connectivity index is 1.19. The highest BCUT2D eigenvalue weighted by molar-refractivity contribution is 7.99. The third-order valence-electron chi connectivity index (χ3n) is 5.87. The van der Waals surface area contributed by atoms with Crippen molar-refractivity contribution in [3.05, 3.63) is 71.8 Å². The van der Waals surface area contributed by atoms with E-state index in [2.05, 4.69) is 22.1 Å². The number of likely N-dealkylation sites (tertiary alicyclic amines) is 1. The minimum absolute atomic E-state index is 0.253. The number of ether oxygens (including phenoxy) is 1. The normalized spacial score (nSPS) is 14.5. The van der Waals surface area contributed by atoms with Crippen LogP contribution >= 0.6 is 11.8 Å². The third-order valence-corrected chi connectivity index (χ3v) is 7.16. The molecule has 1 saturated heterocycles. The first-order valence-corrected chi connectivity index (χ1v) is 12.1. The zero-order valence-electron chi connectivity index (χ0n) is 18.7. The van der Waals surface area contributed by atoms with Crippen molar-refractivity contribution >= 4 is 17.9 Å². The summed E-state index contributed by atoms with van der Waals surface area (Å²) in [4.78, 5) is 23.2. The number of benzene rings is 1. The van der Waals surface area contributed by atoms with Gasteiger partial charge in [-0.1, -0.05) is 30.0 Å². The molecule has 4 rings (SSSR count). The lowest BCUT2D eigenvalue weighted by atomic mass is 9.99. The summed E-state index contributed by atoms with van der Waals surface area (Å²) in [6, 6.07) is 12.0. The van der Waals surface area contributed by atoms with E-state index in [1.165, 1.54) is 11.1 Å². The summed E-state index contributed by atoms with van der Waals surface area (Å²) in [7, 11) is 2.02. The number of hydrogen-bond acceptors (Lipinski definition) is 5. The van der Waals surface area contributed by atoms with E-state index in [1.807, 2.05) is 66.3 Å². The lowest BCUT2D eigenvalue weighted by Crippen LogP contribution is -2.40. The Hall–Kier alpha value is -2.80. The standard InChI is InChI=1S/C25H30N4O2S/c1-19-3-7-22(27-17-19)8-4-20-5-9-23(10-6-20)31-25(30)29-14-11-21(12-15-29)18-32-24-26-13-16-28(24)2/h3,5-7,9-10,13,16-17,21H,4,8,11-12,14-15,18H2,1-2H3. The quantitative estimate of drug-likeness (QED) is 0.479. The van der Waals surface area contributed by atoms with E-state index in [-0.39, 0.29) is 6.09 Å². The second-order valence-electron chi connectivity index (χ2n) is 8.40. The first kappa shape index (κ1) is 22.4. The summed E-state index contributed by atoms with van der Waals surface area (Å²) in [5.41, 5.74) is 3.47. The number of piperidine rings is 1. The van der Waals surface area contributed by atoms with Crippen molar-refractivity contribution < 1.29 is 9.53 Å². The zero-order chi connectivity index (χ0) is 22.3. The molecular formula is C25H30N4O2S. The summed E-state index contributed by atoms with van der Waals surface area (Å²) >= 11 is 1.79. The van der Waals surface area contributed by atoms with Crippen LogP contribution in [0.1, 0.15) is 29.7 Å². The summed E-state index contributed by atoms with van der Waals surface area (Å²) in [5, 5.41) is 1.05. The number of carbonyl (C=O) groups excluding carboxylic acids is 1. The van der Waals surface area contributed by atoms with Crippen LogP contribution in [0, 0.1) is 12.8 Å². The molecule has 6 nitrogen and oxygen atoms in total. The highest BCUT2D eigenvalue weighted by Crippen LogP contribution is 2.26. The summed E-state index contributed by atoms with van der Waals surface area (Å²) in [5.74, 6) is 2.23. The van der Waals surface area contributed by atoms with Crippen molar-refractivity contribution in [1.82, 2.24) is 19.4 Å². The molecule has 3 aromatic rings. The van der Waals surface area contributed by atoms with Crippen LogP contribution in [0.2, 0.25) is 0 Å². The van der Waals surface area contributed by atoms with Crippen molar-refractivity contribution in [2.45, 2.75) is 37.8 Å². The van der Waals surface area contributed by atoms with Crippen LogP contribution in [-0.2, 0) is 19.9 Å². The fourth-order valence-electron chi connectivity index (χ4n) is 3.77. The molecule has 32 heavy (non-hydrogen) atoms. The van der Waals surface area contributed by atoms with E-state index in [1.54, 1.807) is 11.8 Å². The molecule has 0 saturated carbocycles. The highest BCUT2D eigenvalue weighted by atomic mass is 32.2. The van der Waals surface area contributed by atoms with E-state index >= 15 is 0 Å². The number of nitrogens with zero attached hydrogens (tertiary/aromatic N) is 4. The van der Waals surface area contributed by atoms with Crippen LogP contribution in [0.4, 0.5) is 4.79 Å². The van der Waals surface area contributed by atoms with Gasteiger partial charge in [0.05, 0.1) is 0 Å². The fourth-order valence-corrected chi connectivity index (χ4v) is 4.89. The maximum atomic E-state index is 12.6. The summed E-state index contributed by atoms with van der Waals surface area (Å²) in [6.45, 7) is 3.53.